The Kier molecular flexibility index (Phi) is 3.02. The van der Waals surface area contributed by atoms with Crippen LogP contribution in [-0.4, -0.2) is 43.6 Å². The summed E-state index contributed by atoms with van der Waals surface area (Å²) in [5.41, 5.74) is 6.91. The largest absolute Gasteiger partial charge is 0.394 e. The molecule has 0 unspecified atom stereocenters. The number of nitrogen functional groups attached to an aromatic ring is 1. The fraction of sp³-hybridized carbons (Fsp3) is 0.417. The lowest BCUT2D eigenvalue weighted by atomic mass is 9.97. The van der Waals surface area contributed by atoms with Crippen molar-refractivity contribution in [1.82, 2.24) is 14.6 Å². The molecule has 4 atom stereocenters. The van der Waals surface area contributed by atoms with E-state index in [0.29, 0.717) is 17.0 Å². The van der Waals surface area contributed by atoms with E-state index in [4.69, 9.17) is 15.7 Å². The standard InChI is InChI=1S/C12H13N5O3/c13-3-6-9(4-18)20-11(10(6)19)7-1-2-8-12(14)15-5-16-17(7)8/h1-2,5-6,9-11,18-19H,4H2,(H2,14,15,16)/t6-,9+,10-,11+/m1/s1. The summed E-state index contributed by atoms with van der Waals surface area (Å²) in [6.45, 7) is -0.327. The minimum absolute atomic E-state index is 0.314. The summed E-state index contributed by atoms with van der Waals surface area (Å²) < 4.78 is 7.09. The van der Waals surface area contributed by atoms with Gasteiger partial charge in [-0.25, -0.2) is 9.50 Å². The second-order valence-electron chi connectivity index (χ2n) is 4.62. The number of nitrogens with two attached hydrogens (primary N) is 1. The number of fused-ring (bicyclic) bond motifs is 1. The van der Waals surface area contributed by atoms with Gasteiger partial charge in [-0.2, -0.15) is 10.4 Å². The van der Waals surface area contributed by atoms with Gasteiger partial charge < -0.3 is 20.7 Å². The van der Waals surface area contributed by atoms with Gasteiger partial charge in [0.2, 0.25) is 0 Å². The van der Waals surface area contributed by atoms with E-state index in [2.05, 4.69) is 10.1 Å². The van der Waals surface area contributed by atoms with E-state index in [-0.39, 0.29) is 6.61 Å². The van der Waals surface area contributed by atoms with Crippen molar-refractivity contribution >= 4 is 11.3 Å². The minimum Gasteiger partial charge on any atom is -0.394 e. The molecule has 4 N–H and O–H groups in total. The van der Waals surface area contributed by atoms with E-state index < -0.39 is 24.2 Å². The number of aliphatic hydroxyl groups is 2. The molecule has 2 aromatic heterocycles. The fourth-order valence-corrected chi connectivity index (χ4v) is 2.51. The maximum atomic E-state index is 10.2. The zero-order valence-corrected chi connectivity index (χ0v) is 10.4. The zero-order valence-electron chi connectivity index (χ0n) is 10.4. The van der Waals surface area contributed by atoms with Crippen molar-refractivity contribution < 1.29 is 14.9 Å². The Morgan fingerprint density at radius 3 is 2.95 bits per heavy atom. The van der Waals surface area contributed by atoms with E-state index in [1.807, 2.05) is 6.07 Å². The van der Waals surface area contributed by atoms with Crippen LogP contribution < -0.4 is 5.73 Å². The first-order chi connectivity index (χ1) is 9.67. The lowest BCUT2D eigenvalue weighted by molar-refractivity contribution is -0.0146. The van der Waals surface area contributed by atoms with E-state index in [0.717, 1.165) is 0 Å². The van der Waals surface area contributed by atoms with Gasteiger partial charge in [0.25, 0.3) is 0 Å². The predicted octanol–water partition coefficient (Wildman–Crippen LogP) is -0.756. The van der Waals surface area contributed by atoms with Gasteiger partial charge in [-0.15, -0.1) is 0 Å². The van der Waals surface area contributed by atoms with Crippen molar-refractivity contribution in [3.8, 4) is 6.07 Å². The first-order valence-corrected chi connectivity index (χ1v) is 6.09. The molecule has 1 saturated heterocycles. The van der Waals surface area contributed by atoms with Crippen molar-refractivity contribution in [3.63, 3.8) is 0 Å². The highest BCUT2D eigenvalue weighted by atomic mass is 16.5. The van der Waals surface area contributed by atoms with Crippen LogP contribution in [0, 0.1) is 17.2 Å². The lowest BCUT2D eigenvalue weighted by Gasteiger charge is -2.14. The molecule has 8 nitrogen and oxygen atoms in total. The van der Waals surface area contributed by atoms with Crippen LogP contribution in [0.3, 0.4) is 0 Å². The Morgan fingerprint density at radius 1 is 1.50 bits per heavy atom. The highest BCUT2D eigenvalue weighted by Gasteiger charge is 2.45. The van der Waals surface area contributed by atoms with Gasteiger partial charge in [0.15, 0.2) is 5.82 Å². The third-order valence-corrected chi connectivity index (χ3v) is 3.53. The van der Waals surface area contributed by atoms with E-state index in [1.165, 1.54) is 10.8 Å². The van der Waals surface area contributed by atoms with Crippen LogP contribution in [0.5, 0.6) is 0 Å². The second kappa shape index (κ2) is 4.72. The van der Waals surface area contributed by atoms with Crippen molar-refractivity contribution in [1.29, 1.82) is 5.26 Å². The number of hydrogen-bond donors (Lipinski definition) is 3. The molecule has 0 radical (unpaired) electrons. The van der Waals surface area contributed by atoms with Crippen LogP contribution in [0.1, 0.15) is 11.8 Å². The summed E-state index contributed by atoms with van der Waals surface area (Å²) in [6, 6.07) is 5.39. The van der Waals surface area contributed by atoms with E-state index >= 15 is 0 Å². The Bertz CT molecular complexity index is 679. The first kappa shape index (κ1) is 12.8. The average Bonchev–Trinajstić information content (AvgIpc) is 3.00. The molecule has 3 rings (SSSR count). The number of ether oxygens (including phenoxy) is 1. The molecule has 1 aliphatic heterocycles. The number of nitrogens with zero attached hydrogens (tertiary/aromatic N) is 4. The zero-order chi connectivity index (χ0) is 14.3. The normalized spacial score (nSPS) is 29.6. The molecule has 1 aliphatic rings. The summed E-state index contributed by atoms with van der Waals surface area (Å²) in [4.78, 5) is 3.88. The minimum atomic E-state index is -1.04. The fourth-order valence-electron chi connectivity index (χ4n) is 2.51. The molecule has 104 valence electrons. The highest BCUT2D eigenvalue weighted by Crippen LogP contribution is 2.37. The summed E-state index contributed by atoms with van der Waals surface area (Å²) >= 11 is 0. The summed E-state index contributed by atoms with van der Waals surface area (Å²) in [5.74, 6) is -0.469. The monoisotopic (exact) mass is 275 g/mol. The smallest absolute Gasteiger partial charge is 0.151 e. The molecular weight excluding hydrogens is 262 g/mol. The van der Waals surface area contributed by atoms with Gasteiger partial charge in [-0.05, 0) is 12.1 Å². The topological polar surface area (TPSA) is 130 Å². The van der Waals surface area contributed by atoms with Crippen LogP contribution in [0.4, 0.5) is 5.82 Å². The lowest BCUT2D eigenvalue weighted by Crippen LogP contribution is -2.25. The maximum Gasteiger partial charge on any atom is 0.151 e. The van der Waals surface area contributed by atoms with Crippen LogP contribution in [0.2, 0.25) is 0 Å². The average molecular weight is 275 g/mol. The Morgan fingerprint density at radius 2 is 2.30 bits per heavy atom. The van der Waals surface area contributed by atoms with Crippen molar-refractivity contribution in [2.24, 2.45) is 5.92 Å². The van der Waals surface area contributed by atoms with E-state index in [1.54, 1.807) is 12.1 Å². The number of aliphatic hydroxyl groups excluding tert-OH is 2. The number of hydrogen-bond acceptors (Lipinski definition) is 7. The maximum absolute atomic E-state index is 10.2. The molecule has 8 heteroatoms. The SMILES string of the molecule is N#C[C@H]1[C@@H](O)[C@H](c2ccc3c(N)ncnn23)O[C@H]1CO. The Labute approximate surface area is 114 Å². The summed E-state index contributed by atoms with van der Waals surface area (Å²) in [6.07, 6.45) is -1.19. The van der Waals surface area contributed by atoms with Crippen LogP contribution in [0.15, 0.2) is 18.5 Å². The summed E-state index contributed by atoms with van der Waals surface area (Å²) in [5, 5.41) is 32.6. The molecule has 0 bridgehead atoms. The van der Waals surface area contributed by atoms with Crippen molar-refractivity contribution in [2.75, 3.05) is 12.3 Å². The second-order valence-corrected chi connectivity index (χ2v) is 4.62. The quantitative estimate of drug-likeness (QED) is 0.657. The number of rotatable bonds is 2. The van der Waals surface area contributed by atoms with Gasteiger partial charge in [0.1, 0.15) is 30.0 Å². The van der Waals surface area contributed by atoms with Gasteiger partial charge in [0.05, 0.1) is 24.5 Å². The number of anilines is 1. The van der Waals surface area contributed by atoms with Gasteiger partial charge in [0, 0.05) is 0 Å². The van der Waals surface area contributed by atoms with Crippen molar-refractivity contribution in [2.45, 2.75) is 18.3 Å². The number of aromatic nitrogens is 3. The molecule has 0 amide bonds. The van der Waals surface area contributed by atoms with Gasteiger partial charge >= 0.3 is 0 Å². The number of nitriles is 1. The van der Waals surface area contributed by atoms with Gasteiger partial charge in [-0.3, -0.25) is 0 Å². The molecule has 1 fully saturated rings. The highest BCUT2D eigenvalue weighted by molar-refractivity contribution is 5.65. The Hall–Kier alpha value is -2.21. The molecule has 0 spiro atoms. The third-order valence-electron chi connectivity index (χ3n) is 3.53. The molecule has 3 heterocycles. The summed E-state index contributed by atoms with van der Waals surface area (Å²) in [7, 11) is 0. The van der Waals surface area contributed by atoms with Crippen LogP contribution in [-0.2, 0) is 4.74 Å². The van der Waals surface area contributed by atoms with Crippen LogP contribution in [0.25, 0.3) is 5.52 Å². The predicted molar refractivity (Wildman–Crippen MR) is 67.2 cm³/mol. The van der Waals surface area contributed by atoms with Gasteiger partial charge in [-0.1, -0.05) is 0 Å². The van der Waals surface area contributed by atoms with E-state index in [9.17, 15) is 10.2 Å². The third kappa shape index (κ3) is 1.72. The van der Waals surface area contributed by atoms with Crippen molar-refractivity contribution in [3.05, 3.63) is 24.2 Å². The first-order valence-electron chi connectivity index (χ1n) is 6.09. The molecule has 0 aromatic carbocycles. The molecule has 2 aromatic rings. The van der Waals surface area contributed by atoms with Crippen LogP contribution >= 0.6 is 0 Å². The molecule has 0 aliphatic carbocycles. The molecular formula is C12H13N5O3. The molecule has 0 saturated carbocycles. The molecule has 20 heavy (non-hydrogen) atoms. The Balaban J connectivity index is 2.04.